The van der Waals surface area contributed by atoms with Crippen molar-refractivity contribution in [3.63, 3.8) is 0 Å². The Morgan fingerprint density at radius 3 is 2.67 bits per heavy atom. The summed E-state index contributed by atoms with van der Waals surface area (Å²) in [5, 5.41) is 3.80. The molecule has 4 nitrogen and oxygen atoms in total. The summed E-state index contributed by atoms with van der Waals surface area (Å²) in [4.78, 5) is 17.3. The molecule has 1 aromatic heterocycles. The van der Waals surface area contributed by atoms with Crippen LogP contribution in [0.3, 0.4) is 0 Å². The van der Waals surface area contributed by atoms with Crippen molar-refractivity contribution >= 4 is 16.8 Å². The number of pyridine rings is 1. The maximum absolute atomic E-state index is 12.6. The normalized spacial score (nSPS) is 10.6. The first kappa shape index (κ1) is 16.0. The van der Waals surface area contributed by atoms with Gasteiger partial charge in [0.05, 0.1) is 23.9 Å². The van der Waals surface area contributed by atoms with Crippen molar-refractivity contribution in [1.29, 1.82) is 0 Å². The fourth-order valence-corrected chi connectivity index (χ4v) is 2.69. The van der Waals surface area contributed by atoms with Gasteiger partial charge in [0.25, 0.3) is 5.91 Å². The Morgan fingerprint density at radius 1 is 1.12 bits per heavy atom. The third kappa shape index (κ3) is 3.08. The first-order valence-corrected chi connectivity index (χ1v) is 8.06. The SMILES string of the molecule is CCCNC(=O)c1cc(-c2ccccc2OC)nc2ccccc12. The molecule has 4 heteroatoms. The van der Waals surface area contributed by atoms with Gasteiger partial charge >= 0.3 is 0 Å². The topological polar surface area (TPSA) is 51.2 Å². The number of amides is 1. The number of hydrogen-bond donors (Lipinski definition) is 1. The monoisotopic (exact) mass is 320 g/mol. The lowest BCUT2D eigenvalue weighted by molar-refractivity contribution is 0.0955. The highest BCUT2D eigenvalue weighted by molar-refractivity contribution is 6.07. The van der Waals surface area contributed by atoms with E-state index in [0.717, 1.165) is 34.3 Å². The van der Waals surface area contributed by atoms with Crippen molar-refractivity contribution in [3.8, 4) is 17.0 Å². The Balaban J connectivity index is 2.18. The van der Waals surface area contributed by atoms with Crippen LogP contribution in [0.15, 0.2) is 54.6 Å². The number of fused-ring (bicyclic) bond motifs is 1. The largest absolute Gasteiger partial charge is 0.496 e. The lowest BCUT2D eigenvalue weighted by Crippen LogP contribution is -2.24. The molecule has 0 bridgehead atoms. The zero-order chi connectivity index (χ0) is 16.9. The molecule has 24 heavy (non-hydrogen) atoms. The van der Waals surface area contributed by atoms with Crippen LogP contribution in [0.25, 0.3) is 22.2 Å². The predicted molar refractivity (Wildman–Crippen MR) is 96.4 cm³/mol. The summed E-state index contributed by atoms with van der Waals surface area (Å²) in [7, 11) is 1.63. The van der Waals surface area contributed by atoms with Gasteiger partial charge in [-0.2, -0.15) is 0 Å². The van der Waals surface area contributed by atoms with E-state index in [2.05, 4.69) is 5.32 Å². The summed E-state index contributed by atoms with van der Waals surface area (Å²) in [5.41, 5.74) is 3.03. The molecule has 0 fully saturated rings. The summed E-state index contributed by atoms with van der Waals surface area (Å²) >= 11 is 0. The van der Waals surface area contributed by atoms with E-state index in [-0.39, 0.29) is 5.91 Å². The first-order valence-electron chi connectivity index (χ1n) is 8.06. The quantitative estimate of drug-likeness (QED) is 0.771. The van der Waals surface area contributed by atoms with Crippen LogP contribution in [-0.2, 0) is 0 Å². The van der Waals surface area contributed by atoms with Gasteiger partial charge < -0.3 is 10.1 Å². The van der Waals surface area contributed by atoms with Crippen molar-refractivity contribution in [1.82, 2.24) is 10.3 Å². The zero-order valence-corrected chi connectivity index (χ0v) is 13.9. The molecule has 3 aromatic rings. The highest BCUT2D eigenvalue weighted by atomic mass is 16.5. The fourth-order valence-electron chi connectivity index (χ4n) is 2.69. The van der Waals surface area contributed by atoms with E-state index in [1.54, 1.807) is 7.11 Å². The van der Waals surface area contributed by atoms with E-state index in [0.29, 0.717) is 12.1 Å². The summed E-state index contributed by atoms with van der Waals surface area (Å²) in [6.45, 7) is 2.69. The van der Waals surface area contributed by atoms with Crippen LogP contribution in [0.5, 0.6) is 5.75 Å². The molecule has 0 unspecified atom stereocenters. The average molecular weight is 320 g/mol. The van der Waals surface area contributed by atoms with Crippen molar-refractivity contribution in [2.24, 2.45) is 0 Å². The molecule has 0 spiro atoms. The number of aromatic nitrogens is 1. The molecular weight excluding hydrogens is 300 g/mol. The maximum atomic E-state index is 12.6. The van der Waals surface area contributed by atoms with E-state index in [1.165, 1.54) is 0 Å². The summed E-state index contributed by atoms with van der Waals surface area (Å²) in [6, 6.07) is 17.2. The molecule has 0 atom stereocenters. The number of para-hydroxylation sites is 2. The van der Waals surface area contributed by atoms with Crippen LogP contribution in [0.2, 0.25) is 0 Å². The molecule has 1 N–H and O–H groups in total. The van der Waals surface area contributed by atoms with E-state index in [1.807, 2.05) is 61.5 Å². The van der Waals surface area contributed by atoms with Gasteiger partial charge in [-0.3, -0.25) is 4.79 Å². The molecular formula is C20H20N2O2. The molecule has 122 valence electrons. The van der Waals surface area contributed by atoms with Crippen LogP contribution in [0, 0.1) is 0 Å². The predicted octanol–water partition coefficient (Wildman–Crippen LogP) is 4.05. The van der Waals surface area contributed by atoms with Gasteiger partial charge in [0, 0.05) is 17.5 Å². The smallest absolute Gasteiger partial charge is 0.252 e. The Morgan fingerprint density at radius 2 is 1.88 bits per heavy atom. The number of carbonyl (C=O) groups is 1. The molecule has 1 amide bonds. The zero-order valence-electron chi connectivity index (χ0n) is 13.9. The highest BCUT2D eigenvalue weighted by Crippen LogP contribution is 2.31. The standard InChI is InChI=1S/C20H20N2O2/c1-3-12-21-20(23)16-13-18(15-9-5-7-11-19(15)24-2)22-17-10-6-4-8-14(16)17/h4-11,13H,3,12H2,1-2H3,(H,21,23). The summed E-state index contributed by atoms with van der Waals surface area (Å²) in [5.74, 6) is 0.659. The van der Waals surface area contributed by atoms with Gasteiger partial charge in [0.2, 0.25) is 0 Å². The number of ether oxygens (including phenoxy) is 1. The highest BCUT2D eigenvalue weighted by Gasteiger charge is 2.15. The van der Waals surface area contributed by atoms with Crippen LogP contribution in [-0.4, -0.2) is 24.5 Å². The second-order valence-electron chi connectivity index (χ2n) is 5.53. The second-order valence-corrected chi connectivity index (χ2v) is 5.53. The molecule has 0 aliphatic rings. The van der Waals surface area contributed by atoms with Crippen LogP contribution < -0.4 is 10.1 Å². The number of carbonyl (C=O) groups excluding carboxylic acids is 1. The molecule has 0 aliphatic heterocycles. The third-order valence-corrected chi connectivity index (χ3v) is 3.88. The number of methoxy groups -OCH3 is 1. The Labute approximate surface area is 141 Å². The molecule has 3 rings (SSSR count). The molecule has 0 saturated carbocycles. The lowest BCUT2D eigenvalue weighted by Gasteiger charge is -2.12. The Bertz CT molecular complexity index is 874. The van der Waals surface area contributed by atoms with Crippen LogP contribution in [0.1, 0.15) is 23.7 Å². The Hall–Kier alpha value is -2.88. The van der Waals surface area contributed by atoms with E-state index in [9.17, 15) is 4.79 Å². The van der Waals surface area contributed by atoms with Crippen molar-refractivity contribution in [3.05, 3.63) is 60.2 Å². The Kier molecular flexibility index (Phi) is 4.75. The number of nitrogens with one attached hydrogen (secondary N) is 1. The van der Waals surface area contributed by atoms with Gasteiger partial charge in [-0.1, -0.05) is 37.3 Å². The van der Waals surface area contributed by atoms with Crippen molar-refractivity contribution in [2.45, 2.75) is 13.3 Å². The molecule has 2 aromatic carbocycles. The minimum atomic E-state index is -0.0772. The summed E-state index contributed by atoms with van der Waals surface area (Å²) < 4.78 is 5.44. The van der Waals surface area contributed by atoms with Gasteiger partial charge in [-0.05, 0) is 30.7 Å². The number of benzene rings is 2. The van der Waals surface area contributed by atoms with Gasteiger partial charge in [-0.25, -0.2) is 4.98 Å². The summed E-state index contributed by atoms with van der Waals surface area (Å²) in [6.07, 6.45) is 0.897. The minimum absolute atomic E-state index is 0.0772. The minimum Gasteiger partial charge on any atom is -0.496 e. The second kappa shape index (κ2) is 7.13. The van der Waals surface area contributed by atoms with Crippen molar-refractivity contribution in [2.75, 3.05) is 13.7 Å². The van der Waals surface area contributed by atoms with E-state index < -0.39 is 0 Å². The van der Waals surface area contributed by atoms with Gasteiger partial charge in [0.1, 0.15) is 5.75 Å². The molecule has 0 aliphatic carbocycles. The van der Waals surface area contributed by atoms with Crippen molar-refractivity contribution < 1.29 is 9.53 Å². The van der Waals surface area contributed by atoms with Gasteiger partial charge in [-0.15, -0.1) is 0 Å². The first-order chi connectivity index (χ1) is 11.7. The third-order valence-electron chi connectivity index (χ3n) is 3.88. The molecule has 0 radical (unpaired) electrons. The van der Waals surface area contributed by atoms with Crippen LogP contribution in [0.4, 0.5) is 0 Å². The molecule has 1 heterocycles. The van der Waals surface area contributed by atoms with E-state index >= 15 is 0 Å². The number of rotatable bonds is 5. The van der Waals surface area contributed by atoms with Crippen LogP contribution >= 0.6 is 0 Å². The lowest BCUT2D eigenvalue weighted by atomic mass is 10.0. The maximum Gasteiger partial charge on any atom is 0.252 e. The number of nitrogens with zero attached hydrogens (tertiary/aromatic N) is 1. The average Bonchev–Trinajstić information content (AvgIpc) is 2.65. The van der Waals surface area contributed by atoms with Gasteiger partial charge in [0.15, 0.2) is 0 Å². The fraction of sp³-hybridized carbons (Fsp3) is 0.200. The number of hydrogen-bond acceptors (Lipinski definition) is 3. The molecule has 0 saturated heterocycles. The van der Waals surface area contributed by atoms with E-state index in [4.69, 9.17) is 9.72 Å².